The monoisotopic (exact) mass is 304 g/mol. The lowest BCUT2D eigenvalue weighted by Crippen LogP contribution is -2.25. The summed E-state index contributed by atoms with van der Waals surface area (Å²) in [4.78, 5) is 28.1. The van der Waals surface area contributed by atoms with Crippen molar-refractivity contribution >= 4 is 29.4 Å². The molecule has 0 saturated heterocycles. The lowest BCUT2D eigenvalue weighted by molar-refractivity contribution is -0.115. The number of hydrogen-bond acceptors (Lipinski definition) is 7. The summed E-state index contributed by atoms with van der Waals surface area (Å²) in [7, 11) is 0. The Morgan fingerprint density at radius 2 is 2.24 bits per heavy atom. The zero-order valence-electron chi connectivity index (χ0n) is 11.8. The molecule has 1 atom stereocenters. The van der Waals surface area contributed by atoms with Gasteiger partial charge in [-0.25, -0.2) is 15.0 Å². The van der Waals surface area contributed by atoms with Gasteiger partial charge in [0.05, 0.1) is 5.25 Å². The lowest BCUT2D eigenvalue weighted by atomic mass is 10.3. The van der Waals surface area contributed by atoms with E-state index in [2.05, 4.69) is 25.3 Å². The van der Waals surface area contributed by atoms with Crippen LogP contribution in [0, 0.1) is 6.92 Å². The molecule has 1 amide bonds. The van der Waals surface area contributed by atoms with Crippen LogP contribution >= 0.6 is 11.8 Å². The number of nitrogen functional groups attached to an aromatic ring is 1. The van der Waals surface area contributed by atoms with E-state index in [0.717, 1.165) is 5.56 Å². The van der Waals surface area contributed by atoms with Crippen LogP contribution in [0.1, 0.15) is 18.9 Å². The first kappa shape index (κ1) is 15.2. The molecule has 0 aliphatic carbocycles. The standard InChI is InChI=1S/C13H16N6OS/c1-3-9(21-13-17-7-16-12(14)19-13)11(20)18-10-6-8(2)4-5-15-10/h4-7,9H,3H2,1-2H3,(H,15,18,20)(H2,14,16,17,19). The summed E-state index contributed by atoms with van der Waals surface area (Å²) in [5.74, 6) is 0.539. The van der Waals surface area contributed by atoms with Gasteiger partial charge in [-0.15, -0.1) is 0 Å². The molecule has 110 valence electrons. The summed E-state index contributed by atoms with van der Waals surface area (Å²) < 4.78 is 0. The van der Waals surface area contributed by atoms with Crippen molar-refractivity contribution in [2.75, 3.05) is 11.1 Å². The number of nitrogens with zero attached hydrogens (tertiary/aromatic N) is 4. The Morgan fingerprint density at radius 1 is 1.43 bits per heavy atom. The minimum Gasteiger partial charge on any atom is -0.368 e. The Morgan fingerprint density at radius 3 is 2.90 bits per heavy atom. The van der Waals surface area contributed by atoms with Gasteiger partial charge >= 0.3 is 0 Å². The highest BCUT2D eigenvalue weighted by Gasteiger charge is 2.20. The first-order chi connectivity index (χ1) is 10.1. The number of pyridine rings is 1. The number of anilines is 2. The van der Waals surface area contributed by atoms with Gasteiger partial charge in [0, 0.05) is 6.20 Å². The van der Waals surface area contributed by atoms with E-state index in [1.54, 1.807) is 6.20 Å². The number of aryl methyl sites for hydroxylation is 1. The molecular formula is C13H16N6OS. The predicted molar refractivity (Wildman–Crippen MR) is 81.8 cm³/mol. The van der Waals surface area contributed by atoms with Crippen LogP contribution in [0.4, 0.5) is 11.8 Å². The molecule has 3 N–H and O–H groups in total. The first-order valence-electron chi connectivity index (χ1n) is 6.43. The Balaban J connectivity index is 2.05. The van der Waals surface area contributed by atoms with Gasteiger partial charge in [-0.2, -0.15) is 4.98 Å². The van der Waals surface area contributed by atoms with E-state index in [4.69, 9.17) is 5.73 Å². The number of carbonyl (C=O) groups is 1. The summed E-state index contributed by atoms with van der Waals surface area (Å²) in [6.07, 6.45) is 3.62. The molecule has 2 aromatic heterocycles. The SMILES string of the molecule is CCC(Sc1ncnc(N)n1)C(=O)Nc1cc(C)ccn1. The van der Waals surface area contributed by atoms with Crippen molar-refractivity contribution in [1.29, 1.82) is 0 Å². The average Bonchev–Trinajstić information content (AvgIpc) is 2.44. The number of amides is 1. The molecule has 8 heteroatoms. The topological polar surface area (TPSA) is 107 Å². The van der Waals surface area contributed by atoms with E-state index in [0.29, 0.717) is 17.4 Å². The van der Waals surface area contributed by atoms with Gasteiger partial charge in [0.2, 0.25) is 11.9 Å². The molecular weight excluding hydrogens is 288 g/mol. The molecule has 2 aromatic rings. The molecule has 21 heavy (non-hydrogen) atoms. The van der Waals surface area contributed by atoms with Gasteiger partial charge in [0.25, 0.3) is 0 Å². The first-order valence-corrected chi connectivity index (χ1v) is 7.31. The third kappa shape index (κ3) is 4.38. The zero-order valence-corrected chi connectivity index (χ0v) is 12.6. The van der Waals surface area contributed by atoms with Gasteiger partial charge in [-0.05, 0) is 31.0 Å². The van der Waals surface area contributed by atoms with Crippen LogP contribution in [-0.2, 0) is 4.79 Å². The number of nitrogens with one attached hydrogen (secondary N) is 1. The average molecular weight is 304 g/mol. The fourth-order valence-electron chi connectivity index (χ4n) is 1.61. The third-order valence-corrected chi connectivity index (χ3v) is 3.89. The maximum atomic E-state index is 12.3. The summed E-state index contributed by atoms with van der Waals surface area (Å²) in [6, 6.07) is 3.69. The molecule has 0 spiro atoms. The number of nitrogens with two attached hydrogens (primary N) is 1. The van der Waals surface area contributed by atoms with Crippen LogP contribution < -0.4 is 11.1 Å². The van der Waals surface area contributed by atoms with Crippen LogP contribution in [0.2, 0.25) is 0 Å². The van der Waals surface area contributed by atoms with E-state index in [1.807, 2.05) is 26.0 Å². The normalized spacial score (nSPS) is 11.9. The molecule has 2 rings (SSSR count). The summed E-state index contributed by atoms with van der Waals surface area (Å²) >= 11 is 1.25. The van der Waals surface area contributed by atoms with E-state index >= 15 is 0 Å². The number of aromatic nitrogens is 4. The highest BCUT2D eigenvalue weighted by Crippen LogP contribution is 2.23. The van der Waals surface area contributed by atoms with Crippen molar-refractivity contribution < 1.29 is 4.79 Å². The molecule has 0 aliphatic rings. The summed E-state index contributed by atoms with van der Waals surface area (Å²) in [6.45, 7) is 3.86. The Bertz CT molecular complexity index is 636. The van der Waals surface area contributed by atoms with Gasteiger partial charge in [-0.1, -0.05) is 18.7 Å². The van der Waals surface area contributed by atoms with Gasteiger partial charge in [0.15, 0.2) is 5.16 Å². The zero-order chi connectivity index (χ0) is 15.2. The third-order valence-electron chi connectivity index (χ3n) is 2.65. The fraction of sp³-hybridized carbons (Fsp3) is 0.308. The maximum Gasteiger partial charge on any atom is 0.239 e. The van der Waals surface area contributed by atoms with E-state index in [9.17, 15) is 4.79 Å². The maximum absolute atomic E-state index is 12.3. The molecule has 0 saturated carbocycles. The molecule has 0 radical (unpaired) electrons. The molecule has 0 fully saturated rings. The molecule has 0 bridgehead atoms. The van der Waals surface area contributed by atoms with Crippen LogP contribution in [-0.4, -0.2) is 31.1 Å². The van der Waals surface area contributed by atoms with Gasteiger partial charge in [-0.3, -0.25) is 4.79 Å². The predicted octanol–water partition coefficient (Wildman–Crippen LogP) is 1.67. The summed E-state index contributed by atoms with van der Waals surface area (Å²) in [5.41, 5.74) is 6.54. The highest BCUT2D eigenvalue weighted by molar-refractivity contribution is 8.00. The summed E-state index contributed by atoms with van der Waals surface area (Å²) in [5, 5.41) is 2.90. The Labute approximate surface area is 126 Å². The minimum atomic E-state index is -0.325. The number of thioether (sulfide) groups is 1. The van der Waals surface area contributed by atoms with Crippen molar-refractivity contribution in [2.24, 2.45) is 0 Å². The second-order valence-corrected chi connectivity index (χ2v) is 5.52. The molecule has 1 unspecified atom stereocenters. The van der Waals surface area contributed by atoms with Crippen LogP contribution in [0.5, 0.6) is 0 Å². The second kappa shape index (κ2) is 6.98. The smallest absolute Gasteiger partial charge is 0.239 e. The minimum absolute atomic E-state index is 0.139. The quantitative estimate of drug-likeness (QED) is 0.809. The van der Waals surface area contributed by atoms with Gasteiger partial charge < -0.3 is 11.1 Å². The van der Waals surface area contributed by atoms with Crippen LogP contribution in [0.15, 0.2) is 29.8 Å². The second-order valence-electron chi connectivity index (χ2n) is 4.35. The van der Waals surface area contributed by atoms with E-state index < -0.39 is 0 Å². The van der Waals surface area contributed by atoms with Crippen molar-refractivity contribution in [3.8, 4) is 0 Å². The van der Waals surface area contributed by atoms with Gasteiger partial charge in [0.1, 0.15) is 12.1 Å². The Kier molecular flexibility index (Phi) is 5.04. The largest absolute Gasteiger partial charge is 0.368 e. The fourth-order valence-corrected chi connectivity index (χ4v) is 2.45. The van der Waals surface area contributed by atoms with Crippen molar-refractivity contribution in [3.63, 3.8) is 0 Å². The Hall–Kier alpha value is -2.22. The van der Waals surface area contributed by atoms with Crippen molar-refractivity contribution in [2.45, 2.75) is 30.7 Å². The van der Waals surface area contributed by atoms with Crippen molar-refractivity contribution in [1.82, 2.24) is 19.9 Å². The highest BCUT2D eigenvalue weighted by atomic mass is 32.2. The molecule has 0 aromatic carbocycles. The van der Waals surface area contributed by atoms with Crippen molar-refractivity contribution in [3.05, 3.63) is 30.2 Å². The van der Waals surface area contributed by atoms with E-state index in [-0.39, 0.29) is 17.1 Å². The molecule has 0 aliphatic heterocycles. The molecule has 7 nitrogen and oxygen atoms in total. The van der Waals surface area contributed by atoms with E-state index in [1.165, 1.54) is 18.1 Å². The number of carbonyl (C=O) groups excluding carboxylic acids is 1. The van der Waals surface area contributed by atoms with Crippen LogP contribution in [0.25, 0.3) is 0 Å². The number of hydrogen-bond donors (Lipinski definition) is 2. The lowest BCUT2D eigenvalue weighted by Gasteiger charge is -2.13. The molecule has 2 heterocycles. The van der Waals surface area contributed by atoms with Crippen LogP contribution in [0.3, 0.4) is 0 Å². The number of rotatable bonds is 5.